The van der Waals surface area contributed by atoms with Crippen LogP contribution in [0.2, 0.25) is 0 Å². The Morgan fingerprint density at radius 1 is 1.29 bits per heavy atom. The molecule has 0 aromatic heterocycles. The second-order valence-corrected chi connectivity index (χ2v) is 2.99. The first kappa shape index (κ1) is 10.2. The van der Waals surface area contributed by atoms with E-state index in [4.69, 9.17) is 10.2 Å². The Morgan fingerprint density at radius 3 is 2.43 bits per heavy atom. The summed E-state index contributed by atoms with van der Waals surface area (Å²) in [6.45, 7) is 1.52. The van der Waals surface area contributed by atoms with Gasteiger partial charge >= 0.3 is 11.9 Å². The first-order chi connectivity index (χ1) is 6.52. The van der Waals surface area contributed by atoms with Crippen LogP contribution >= 0.6 is 0 Å². The van der Waals surface area contributed by atoms with Crippen molar-refractivity contribution < 1.29 is 19.8 Å². The number of aliphatic carboxylic acids is 1. The lowest BCUT2D eigenvalue weighted by Crippen LogP contribution is -2.08. The summed E-state index contributed by atoms with van der Waals surface area (Å²) < 4.78 is 0. The van der Waals surface area contributed by atoms with Crippen molar-refractivity contribution in [3.05, 3.63) is 35.4 Å². The number of hydrogen-bond donors (Lipinski definition) is 2. The fraction of sp³-hybridized carbons (Fsp3) is 0.200. The third-order valence-electron chi connectivity index (χ3n) is 2.00. The summed E-state index contributed by atoms with van der Waals surface area (Å²) >= 11 is 0. The minimum atomic E-state index is -1.05. The average Bonchev–Trinajstić information content (AvgIpc) is 2.16. The maximum absolute atomic E-state index is 10.6. The third kappa shape index (κ3) is 2.10. The summed E-state index contributed by atoms with van der Waals surface area (Å²) in [5, 5.41) is 17.4. The van der Waals surface area contributed by atoms with Crippen LogP contribution < -0.4 is 0 Å². The Kier molecular flexibility index (Phi) is 2.86. The third-order valence-corrected chi connectivity index (χ3v) is 2.00. The van der Waals surface area contributed by atoms with Crippen LogP contribution in [-0.2, 0) is 4.79 Å². The predicted octanol–water partition coefficient (Wildman–Crippen LogP) is 1.57. The summed E-state index contributed by atoms with van der Waals surface area (Å²) in [7, 11) is 0. The predicted molar refractivity (Wildman–Crippen MR) is 49.5 cm³/mol. The van der Waals surface area contributed by atoms with Crippen LogP contribution in [-0.4, -0.2) is 22.2 Å². The zero-order chi connectivity index (χ0) is 10.7. The molecule has 1 atom stereocenters. The van der Waals surface area contributed by atoms with Gasteiger partial charge in [0, 0.05) is 0 Å². The molecule has 0 amide bonds. The Morgan fingerprint density at radius 2 is 1.93 bits per heavy atom. The summed E-state index contributed by atoms with van der Waals surface area (Å²) in [4.78, 5) is 21.2. The van der Waals surface area contributed by atoms with Gasteiger partial charge in [-0.25, -0.2) is 4.79 Å². The summed E-state index contributed by atoms with van der Waals surface area (Å²) in [5.41, 5.74) is 0.605. The van der Waals surface area contributed by atoms with Crippen LogP contribution in [0.4, 0.5) is 0 Å². The van der Waals surface area contributed by atoms with Gasteiger partial charge in [0.1, 0.15) is 0 Å². The molecule has 4 nitrogen and oxygen atoms in total. The van der Waals surface area contributed by atoms with Crippen molar-refractivity contribution in [1.82, 2.24) is 0 Å². The van der Waals surface area contributed by atoms with E-state index < -0.39 is 17.9 Å². The largest absolute Gasteiger partial charge is 0.481 e. The van der Waals surface area contributed by atoms with Crippen LogP contribution in [0.3, 0.4) is 0 Å². The van der Waals surface area contributed by atoms with Gasteiger partial charge < -0.3 is 10.2 Å². The number of carboxylic acids is 2. The number of rotatable bonds is 3. The molecule has 1 aromatic rings. The summed E-state index contributed by atoms with van der Waals surface area (Å²) in [6, 6.07) is 5.95. The van der Waals surface area contributed by atoms with Crippen molar-refractivity contribution >= 4 is 11.9 Å². The van der Waals surface area contributed by atoms with Gasteiger partial charge in [-0.15, -0.1) is 0 Å². The standard InChI is InChI=1S/C10H10O4/c1-6(9(11)12)7-3-2-4-8(5-7)10(13)14/h2-6H,1H3,(H,11,12)(H,13,14)/t6-/m1/s1. The Bertz CT molecular complexity index is 370. The van der Waals surface area contributed by atoms with E-state index in [1.165, 1.54) is 25.1 Å². The second-order valence-electron chi connectivity index (χ2n) is 2.99. The van der Waals surface area contributed by atoms with E-state index in [1.807, 2.05) is 0 Å². The molecule has 0 spiro atoms. The van der Waals surface area contributed by atoms with Gasteiger partial charge in [-0.05, 0) is 24.6 Å². The Hall–Kier alpha value is -1.84. The molecule has 0 bridgehead atoms. The lowest BCUT2D eigenvalue weighted by molar-refractivity contribution is -0.138. The van der Waals surface area contributed by atoms with E-state index in [2.05, 4.69) is 0 Å². The molecule has 0 aliphatic carbocycles. The zero-order valence-corrected chi connectivity index (χ0v) is 7.60. The van der Waals surface area contributed by atoms with Gasteiger partial charge in [0.05, 0.1) is 11.5 Å². The van der Waals surface area contributed by atoms with Gasteiger partial charge in [-0.3, -0.25) is 4.79 Å². The lowest BCUT2D eigenvalue weighted by Gasteiger charge is -2.06. The van der Waals surface area contributed by atoms with Gasteiger partial charge in [0.15, 0.2) is 0 Å². The summed E-state index contributed by atoms with van der Waals surface area (Å²) in [6.07, 6.45) is 0. The van der Waals surface area contributed by atoms with Crippen LogP contribution in [0.25, 0.3) is 0 Å². The SMILES string of the molecule is C[C@@H](C(=O)O)c1cccc(C(=O)O)c1. The molecule has 1 aromatic carbocycles. The van der Waals surface area contributed by atoms with Crippen LogP contribution in [0, 0.1) is 0 Å². The number of aromatic carboxylic acids is 1. The monoisotopic (exact) mass is 194 g/mol. The fourth-order valence-electron chi connectivity index (χ4n) is 1.08. The van der Waals surface area contributed by atoms with Crippen molar-refractivity contribution in [1.29, 1.82) is 0 Å². The van der Waals surface area contributed by atoms with E-state index in [1.54, 1.807) is 6.07 Å². The van der Waals surface area contributed by atoms with E-state index in [0.717, 1.165) is 0 Å². The topological polar surface area (TPSA) is 74.6 Å². The van der Waals surface area contributed by atoms with Crippen LogP contribution in [0.15, 0.2) is 24.3 Å². The molecule has 4 heteroatoms. The van der Waals surface area contributed by atoms with Crippen LogP contribution in [0.5, 0.6) is 0 Å². The molecule has 0 saturated carbocycles. The summed E-state index contributed by atoms with van der Waals surface area (Å²) in [5.74, 6) is -2.70. The highest BCUT2D eigenvalue weighted by molar-refractivity contribution is 5.88. The first-order valence-corrected chi connectivity index (χ1v) is 4.08. The highest BCUT2D eigenvalue weighted by Crippen LogP contribution is 2.16. The van der Waals surface area contributed by atoms with Crippen molar-refractivity contribution in [2.24, 2.45) is 0 Å². The fourth-order valence-corrected chi connectivity index (χ4v) is 1.08. The maximum Gasteiger partial charge on any atom is 0.335 e. The molecule has 1 rings (SSSR count). The molecule has 0 saturated heterocycles. The molecular formula is C10H10O4. The Labute approximate surface area is 80.8 Å². The molecule has 0 unspecified atom stereocenters. The molecule has 0 aliphatic rings. The zero-order valence-electron chi connectivity index (χ0n) is 7.60. The molecular weight excluding hydrogens is 184 g/mol. The highest BCUT2D eigenvalue weighted by Gasteiger charge is 2.14. The molecule has 0 radical (unpaired) electrons. The number of carboxylic acid groups (broad SMARTS) is 2. The molecule has 0 fully saturated rings. The van der Waals surface area contributed by atoms with Gasteiger partial charge in [0.25, 0.3) is 0 Å². The van der Waals surface area contributed by atoms with E-state index in [0.29, 0.717) is 5.56 Å². The second kappa shape index (κ2) is 3.91. The maximum atomic E-state index is 10.6. The lowest BCUT2D eigenvalue weighted by atomic mass is 9.99. The molecule has 14 heavy (non-hydrogen) atoms. The Balaban J connectivity index is 3.05. The molecule has 0 heterocycles. The van der Waals surface area contributed by atoms with Crippen LogP contribution in [0.1, 0.15) is 28.8 Å². The quantitative estimate of drug-likeness (QED) is 0.765. The van der Waals surface area contributed by atoms with E-state index in [-0.39, 0.29) is 5.56 Å². The number of hydrogen-bond acceptors (Lipinski definition) is 2. The van der Waals surface area contributed by atoms with Gasteiger partial charge in [0.2, 0.25) is 0 Å². The van der Waals surface area contributed by atoms with Gasteiger partial charge in [-0.2, -0.15) is 0 Å². The molecule has 74 valence electrons. The normalized spacial score (nSPS) is 12.1. The van der Waals surface area contributed by atoms with Crippen molar-refractivity contribution in [3.8, 4) is 0 Å². The van der Waals surface area contributed by atoms with Crippen molar-refractivity contribution in [3.63, 3.8) is 0 Å². The molecule has 0 aliphatic heterocycles. The van der Waals surface area contributed by atoms with Gasteiger partial charge in [-0.1, -0.05) is 12.1 Å². The van der Waals surface area contributed by atoms with E-state index in [9.17, 15) is 9.59 Å². The van der Waals surface area contributed by atoms with E-state index >= 15 is 0 Å². The molecule has 2 N–H and O–H groups in total. The smallest absolute Gasteiger partial charge is 0.335 e. The van der Waals surface area contributed by atoms with Crippen molar-refractivity contribution in [2.45, 2.75) is 12.8 Å². The van der Waals surface area contributed by atoms with Crippen molar-refractivity contribution in [2.75, 3.05) is 0 Å². The average molecular weight is 194 g/mol. The minimum absolute atomic E-state index is 0.107. The highest BCUT2D eigenvalue weighted by atomic mass is 16.4. The number of benzene rings is 1. The first-order valence-electron chi connectivity index (χ1n) is 4.08. The minimum Gasteiger partial charge on any atom is -0.481 e. The number of carbonyl (C=O) groups is 2.